The van der Waals surface area contributed by atoms with Crippen LogP contribution in [0.3, 0.4) is 0 Å². The fraction of sp³-hybridized carbons (Fsp3) is 0.333. The van der Waals surface area contributed by atoms with Gasteiger partial charge in [-0.2, -0.15) is 18.2 Å². The third kappa shape index (κ3) is 4.55. The van der Waals surface area contributed by atoms with Crippen LogP contribution in [0, 0.1) is 6.92 Å². The summed E-state index contributed by atoms with van der Waals surface area (Å²) in [5.41, 5.74) is 4.09. The molecular weight excluding hydrogens is 451 g/mol. The SMILES string of the molecule is CC(=O)O[C@@H]1CCc2c1ccc(-c1noc(-c3cnc(OCC(F)(F)F)c(Cl)c3)n1)c2C. The van der Waals surface area contributed by atoms with Crippen molar-refractivity contribution in [2.24, 2.45) is 0 Å². The summed E-state index contributed by atoms with van der Waals surface area (Å²) < 4.78 is 52.2. The fourth-order valence-electron chi connectivity index (χ4n) is 3.66. The summed E-state index contributed by atoms with van der Waals surface area (Å²) in [4.78, 5) is 19.5. The molecule has 0 spiro atoms. The van der Waals surface area contributed by atoms with E-state index in [9.17, 15) is 18.0 Å². The number of carbonyl (C=O) groups excluding carboxylic acids is 1. The highest BCUT2D eigenvalue weighted by Crippen LogP contribution is 2.39. The molecule has 0 bridgehead atoms. The van der Waals surface area contributed by atoms with Gasteiger partial charge in [0.15, 0.2) is 6.61 Å². The zero-order valence-corrected chi connectivity index (χ0v) is 17.8. The molecule has 168 valence electrons. The van der Waals surface area contributed by atoms with E-state index in [1.54, 1.807) is 0 Å². The number of halogens is 4. The molecule has 0 N–H and O–H groups in total. The Morgan fingerprint density at radius 3 is 2.81 bits per heavy atom. The minimum absolute atomic E-state index is 0.106. The van der Waals surface area contributed by atoms with Gasteiger partial charge < -0.3 is 14.0 Å². The normalized spacial score (nSPS) is 15.5. The summed E-state index contributed by atoms with van der Waals surface area (Å²) in [6.45, 7) is 1.82. The third-order valence-electron chi connectivity index (χ3n) is 5.04. The molecule has 0 unspecified atom stereocenters. The minimum atomic E-state index is -4.50. The van der Waals surface area contributed by atoms with Crippen LogP contribution in [0.15, 0.2) is 28.9 Å². The molecule has 0 radical (unpaired) electrons. The second-order valence-corrected chi connectivity index (χ2v) is 7.69. The first-order chi connectivity index (χ1) is 15.1. The number of aromatic nitrogens is 3. The largest absolute Gasteiger partial charge is 0.467 e. The number of fused-ring (bicyclic) bond motifs is 1. The average molecular weight is 468 g/mol. The van der Waals surface area contributed by atoms with Crippen molar-refractivity contribution in [1.82, 2.24) is 15.1 Å². The van der Waals surface area contributed by atoms with E-state index >= 15 is 0 Å². The molecule has 0 fully saturated rings. The summed E-state index contributed by atoms with van der Waals surface area (Å²) in [6, 6.07) is 5.07. The van der Waals surface area contributed by atoms with E-state index in [0.717, 1.165) is 28.7 Å². The fourth-order valence-corrected chi connectivity index (χ4v) is 3.88. The van der Waals surface area contributed by atoms with Gasteiger partial charge in [0.05, 0.1) is 5.56 Å². The van der Waals surface area contributed by atoms with Gasteiger partial charge in [-0.05, 0) is 42.5 Å². The molecule has 32 heavy (non-hydrogen) atoms. The van der Waals surface area contributed by atoms with Gasteiger partial charge >= 0.3 is 12.1 Å². The molecule has 0 amide bonds. The van der Waals surface area contributed by atoms with Crippen LogP contribution in [0.1, 0.15) is 36.1 Å². The number of benzene rings is 1. The highest BCUT2D eigenvalue weighted by Gasteiger charge is 2.30. The van der Waals surface area contributed by atoms with E-state index < -0.39 is 12.8 Å². The Morgan fingerprint density at radius 2 is 2.12 bits per heavy atom. The number of hydrogen-bond donors (Lipinski definition) is 0. The Morgan fingerprint density at radius 1 is 1.34 bits per heavy atom. The van der Waals surface area contributed by atoms with Crippen LogP contribution in [-0.2, 0) is 16.0 Å². The molecule has 11 heteroatoms. The second kappa shape index (κ2) is 8.42. The van der Waals surface area contributed by atoms with E-state index in [2.05, 4.69) is 19.9 Å². The molecular formula is C21H17ClF3N3O4. The molecule has 2 heterocycles. The zero-order valence-electron chi connectivity index (χ0n) is 17.0. The van der Waals surface area contributed by atoms with Gasteiger partial charge in [-0.1, -0.05) is 28.9 Å². The molecule has 7 nitrogen and oxygen atoms in total. The lowest BCUT2D eigenvalue weighted by molar-refractivity contribution is -0.154. The predicted octanol–water partition coefficient (Wildman–Crippen LogP) is 5.25. The smallest absolute Gasteiger partial charge is 0.422 e. The van der Waals surface area contributed by atoms with Crippen molar-refractivity contribution in [3.8, 4) is 28.7 Å². The van der Waals surface area contributed by atoms with Crippen LogP contribution in [-0.4, -0.2) is 33.9 Å². The van der Waals surface area contributed by atoms with Crippen LogP contribution < -0.4 is 4.74 Å². The predicted molar refractivity (Wildman–Crippen MR) is 107 cm³/mol. The topological polar surface area (TPSA) is 87.3 Å². The van der Waals surface area contributed by atoms with Crippen LogP contribution in [0.5, 0.6) is 5.88 Å². The van der Waals surface area contributed by atoms with Gasteiger partial charge in [0.2, 0.25) is 11.7 Å². The molecule has 1 aliphatic rings. The van der Waals surface area contributed by atoms with Gasteiger partial charge in [0.1, 0.15) is 11.1 Å². The zero-order chi connectivity index (χ0) is 23.0. The Bertz CT molecular complexity index is 1180. The monoisotopic (exact) mass is 467 g/mol. The maximum absolute atomic E-state index is 12.3. The highest BCUT2D eigenvalue weighted by molar-refractivity contribution is 6.32. The molecule has 0 aliphatic heterocycles. The van der Waals surface area contributed by atoms with Crippen LogP contribution in [0.25, 0.3) is 22.8 Å². The Balaban J connectivity index is 1.57. The number of carbonyl (C=O) groups is 1. The van der Waals surface area contributed by atoms with Gasteiger partial charge in [0.25, 0.3) is 5.89 Å². The van der Waals surface area contributed by atoms with E-state index in [-0.39, 0.29) is 28.9 Å². The van der Waals surface area contributed by atoms with Crippen molar-refractivity contribution in [3.63, 3.8) is 0 Å². The molecule has 1 aliphatic carbocycles. The number of nitrogens with zero attached hydrogens (tertiary/aromatic N) is 3. The van der Waals surface area contributed by atoms with Crippen molar-refractivity contribution >= 4 is 17.6 Å². The number of esters is 1. The van der Waals surface area contributed by atoms with Gasteiger partial charge in [-0.3, -0.25) is 4.79 Å². The number of pyridine rings is 1. The molecule has 4 rings (SSSR count). The molecule has 2 aromatic heterocycles. The summed E-state index contributed by atoms with van der Waals surface area (Å²) in [7, 11) is 0. The van der Waals surface area contributed by atoms with E-state index in [1.807, 2.05) is 19.1 Å². The third-order valence-corrected chi connectivity index (χ3v) is 5.31. The lowest BCUT2D eigenvalue weighted by atomic mass is 9.98. The number of ether oxygens (including phenoxy) is 2. The van der Waals surface area contributed by atoms with Crippen molar-refractivity contribution in [2.45, 2.75) is 39.0 Å². The van der Waals surface area contributed by atoms with E-state index in [0.29, 0.717) is 17.8 Å². The van der Waals surface area contributed by atoms with Crippen molar-refractivity contribution in [3.05, 3.63) is 46.1 Å². The van der Waals surface area contributed by atoms with Gasteiger partial charge in [0, 0.05) is 18.7 Å². The molecule has 1 aromatic carbocycles. The number of hydrogen-bond acceptors (Lipinski definition) is 7. The standard InChI is InChI=1S/C21H17ClF3N3O4/c1-10-13-5-6-17(31-11(2)29)15(13)4-3-14(10)18-27-19(32-28-18)12-7-16(22)20(26-8-12)30-9-21(23,24)25/h3-4,7-8,17H,5-6,9H2,1-2H3/t17-/m1/s1. The summed E-state index contributed by atoms with van der Waals surface area (Å²) >= 11 is 5.99. The summed E-state index contributed by atoms with van der Waals surface area (Å²) in [5, 5.41) is 3.90. The Labute approximate surface area is 185 Å². The van der Waals surface area contributed by atoms with E-state index in [1.165, 1.54) is 19.2 Å². The second-order valence-electron chi connectivity index (χ2n) is 7.28. The van der Waals surface area contributed by atoms with Gasteiger partial charge in [-0.15, -0.1) is 0 Å². The number of alkyl halides is 3. The van der Waals surface area contributed by atoms with E-state index in [4.69, 9.17) is 20.9 Å². The molecule has 1 atom stereocenters. The van der Waals surface area contributed by atoms with Crippen molar-refractivity contribution in [1.29, 1.82) is 0 Å². The first-order valence-electron chi connectivity index (χ1n) is 9.61. The van der Waals surface area contributed by atoms with Crippen LogP contribution in [0.4, 0.5) is 13.2 Å². The lowest BCUT2D eigenvalue weighted by Gasteiger charge is -2.13. The molecule has 0 saturated heterocycles. The average Bonchev–Trinajstić information content (AvgIpc) is 3.34. The first-order valence-corrected chi connectivity index (χ1v) is 9.99. The quantitative estimate of drug-likeness (QED) is 0.473. The molecule has 3 aromatic rings. The maximum Gasteiger partial charge on any atom is 0.422 e. The summed E-state index contributed by atoms with van der Waals surface area (Å²) in [6.07, 6.45) is -2.05. The Hall–Kier alpha value is -3.14. The summed E-state index contributed by atoms with van der Waals surface area (Å²) in [5.74, 6) is -0.224. The molecule has 0 saturated carbocycles. The van der Waals surface area contributed by atoms with Gasteiger partial charge in [-0.25, -0.2) is 4.98 Å². The number of rotatable bonds is 5. The van der Waals surface area contributed by atoms with Crippen LogP contribution in [0.2, 0.25) is 5.02 Å². The highest BCUT2D eigenvalue weighted by atomic mass is 35.5. The van der Waals surface area contributed by atoms with Crippen molar-refractivity contribution in [2.75, 3.05) is 6.61 Å². The first kappa shape index (κ1) is 22.1. The lowest BCUT2D eigenvalue weighted by Crippen LogP contribution is -2.19. The van der Waals surface area contributed by atoms with Crippen molar-refractivity contribution < 1.29 is 32.0 Å². The Kier molecular flexibility index (Phi) is 5.81. The minimum Gasteiger partial charge on any atom is -0.467 e. The maximum atomic E-state index is 12.3. The van der Waals surface area contributed by atoms with Crippen LogP contribution >= 0.6 is 11.6 Å².